The second kappa shape index (κ2) is 31.4. The fourth-order valence-corrected chi connectivity index (χ4v) is 14.3. The van der Waals surface area contributed by atoms with Gasteiger partial charge in [0.05, 0.1) is 45.4 Å². The maximum Gasteiger partial charge on any atom is 0.356 e. The van der Waals surface area contributed by atoms with Crippen LogP contribution < -0.4 is 31.1 Å². The maximum atomic E-state index is 13.2. The Morgan fingerprint density at radius 3 is 0.598 bits per heavy atom. The number of nitrogen functional groups attached to an aromatic ring is 2. The van der Waals surface area contributed by atoms with Crippen molar-refractivity contribution >= 4 is 113 Å². The number of anilines is 14. The maximum absolute atomic E-state index is 13.2. The lowest BCUT2D eigenvalue weighted by Crippen LogP contribution is -2.17. The van der Waals surface area contributed by atoms with Crippen LogP contribution in [0.25, 0.3) is 66.6 Å². The predicted octanol–water partition coefficient (Wildman–Crippen LogP) is 24.5. The molecule has 0 unspecified atom stereocenters. The van der Waals surface area contributed by atoms with E-state index < -0.39 is 21.2 Å². The molecule has 0 fully saturated rings. The first-order valence-corrected chi connectivity index (χ1v) is 37.0. The molecule has 16 aromatic rings. The zero-order valence-electron chi connectivity index (χ0n) is 62.9. The van der Waals surface area contributed by atoms with E-state index in [2.05, 4.69) is 186 Å². The van der Waals surface area contributed by atoms with Gasteiger partial charge in [0.2, 0.25) is 0 Å². The van der Waals surface area contributed by atoms with E-state index in [1.54, 1.807) is 29.1 Å². The first kappa shape index (κ1) is 73.0. The van der Waals surface area contributed by atoms with Gasteiger partial charge in [-0.25, -0.2) is 0 Å². The van der Waals surface area contributed by atoms with Gasteiger partial charge in [0.25, 0.3) is 0 Å². The first-order chi connectivity index (χ1) is 54.3. The number of nitrogens with zero attached hydrogens (tertiary/aromatic N) is 12. The van der Waals surface area contributed by atoms with Gasteiger partial charge in [-0.2, -0.15) is 30.0 Å². The lowest BCUT2D eigenvalue weighted by molar-refractivity contribution is -0.421. The van der Waals surface area contributed by atoms with E-state index in [0.717, 1.165) is 102 Å². The highest BCUT2D eigenvalue weighted by Gasteiger charge is 2.40. The first-order valence-electron chi connectivity index (χ1n) is 37.0. The summed E-state index contributed by atoms with van der Waals surface area (Å²) in [5, 5.41) is 46.3. The number of hydrogen-bond donors (Lipinski definition) is 2. The lowest BCUT2D eigenvalue weighted by Gasteiger charge is -2.26. The van der Waals surface area contributed by atoms with E-state index in [1.165, 1.54) is 4.80 Å². The molecular formula is C94H82N14O4. The van der Waals surface area contributed by atoms with Crippen molar-refractivity contribution in [1.29, 1.82) is 0 Å². The van der Waals surface area contributed by atoms with E-state index in [1.807, 2.05) is 191 Å². The van der Waals surface area contributed by atoms with Gasteiger partial charge in [-0.3, -0.25) is 20.2 Å². The molecule has 0 atom stereocenters. The van der Waals surface area contributed by atoms with Crippen LogP contribution in [0.1, 0.15) is 41.5 Å². The van der Waals surface area contributed by atoms with Crippen LogP contribution in [0.15, 0.2) is 340 Å². The van der Waals surface area contributed by atoms with Crippen LogP contribution >= 0.6 is 0 Å². The summed E-state index contributed by atoms with van der Waals surface area (Å²) < 4.78 is 0. The molecule has 2 aromatic heterocycles. The van der Waals surface area contributed by atoms with Gasteiger partial charge >= 0.3 is 11.4 Å². The Bertz CT molecular complexity index is 5440. The van der Waals surface area contributed by atoms with Crippen LogP contribution in [-0.2, 0) is 13.1 Å². The minimum atomic E-state index is -0.672. The van der Waals surface area contributed by atoms with Gasteiger partial charge in [-0.05, 0) is 179 Å². The monoisotopic (exact) mass is 1470 g/mol. The molecule has 0 radical (unpaired) electrons. The molecular weight excluding hydrogens is 1390 g/mol. The topological polar surface area (TPSA) is 213 Å². The minimum absolute atomic E-state index is 0.0316. The summed E-state index contributed by atoms with van der Waals surface area (Å²) in [6.07, 6.45) is 0. The molecule has 14 aromatic carbocycles. The Hall–Kier alpha value is -14.5. The van der Waals surface area contributed by atoms with Gasteiger partial charge in [-0.15, -0.1) is 0 Å². The molecule has 112 heavy (non-hydrogen) atoms. The summed E-state index contributed by atoms with van der Waals surface area (Å²) in [6.45, 7) is 13.6. The molecule has 18 heteroatoms. The summed E-state index contributed by atoms with van der Waals surface area (Å²) >= 11 is 0. The third-order valence-corrected chi connectivity index (χ3v) is 19.2. The average molecular weight is 1470 g/mol. The third-order valence-electron chi connectivity index (χ3n) is 19.2. The SMILES string of the molecule is CC(C)(C)Cn1nc2c(-c3ccc(N(c4ccccc4)c4ccccc4)cc3)c(N)c(N)c(-c3ccc(N(c4ccccc4)c4ccccc4)cc3)c2n1.CC(C)(C)Cn1nc2c(-c3ccc(N(c4ccccc4)c4ccccc4)cc3)c([N+](=O)[O-])c([N+](=O)[O-])c(-c3ccc(N(c4ccccc4)c4ccccc4)cc3)c2n1. The molecule has 552 valence electrons. The molecule has 0 amide bonds. The second-order valence-electron chi connectivity index (χ2n) is 29.7. The van der Waals surface area contributed by atoms with Crippen molar-refractivity contribution < 1.29 is 9.85 Å². The molecule has 0 saturated heterocycles. The Morgan fingerprint density at radius 2 is 0.429 bits per heavy atom. The summed E-state index contributed by atoms with van der Waals surface area (Å²) in [7, 11) is 0. The standard InChI is InChI=1S/C47H39N7O4.C47H43N7/c1-47(2,3)32-50-48-43-41(33-24-28-39(29-25-33)51(35-16-8-4-9-17-35)36-18-10-5-11-19-36)45(53(55)56)46(54(57)58)42(44(43)49-50)34-26-30-40(31-27-34)52(37-20-12-6-13-21-37)38-22-14-7-15-23-38;1-47(2,3)32-52-50-45-41(33-24-28-39(29-25-33)53(35-16-8-4-9-17-35)36-18-10-5-11-19-36)43(48)44(49)42(46(45)51-52)34-26-30-40(31-27-34)54(37-20-12-6-13-21-37)38-22-14-7-15-23-38/h4-31H,32H2,1-3H3;4-31H,32,48-49H2,1-3H3. The van der Waals surface area contributed by atoms with Crippen LogP contribution in [-0.4, -0.2) is 39.8 Å². The van der Waals surface area contributed by atoms with Crippen LogP contribution in [0.5, 0.6) is 0 Å². The third kappa shape index (κ3) is 15.4. The van der Waals surface area contributed by atoms with Crippen LogP contribution in [0.4, 0.5) is 91.0 Å². The van der Waals surface area contributed by atoms with E-state index in [4.69, 9.17) is 31.9 Å². The second-order valence-corrected chi connectivity index (χ2v) is 29.7. The van der Waals surface area contributed by atoms with Crippen molar-refractivity contribution in [2.24, 2.45) is 10.8 Å². The molecule has 0 aliphatic rings. The van der Waals surface area contributed by atoms with Crippen molar-refractivity contribution in [1.82, 2.24) is 30.0 Å². The van der Waals surface area contributed by atoms with E-state index >= 15 is 0 Å². The number of hydrogen-bond acceptors (Lipinski definition) is 14. The summed E-state index contributed by atoms with van der Waals surface area (Å²) in [5.74, 6) is 0. The molecule has 0 saturated carbocycles. The van der Waals surface area contributed by atoms with Gasteiger partial charge in [0.1, 0.15) is 22.1 Å². The predicted molar refractivity (Wildman–Crippen MR) is 457 cm³/mol. The molecule has 18 nitrogen and oxygen atoms in total. The van der Waals surface area contributed by atoms with Gasteiger partial charge < -0.3 is 31.1 Å². The number of nitrogens with two attached hydrogens (primary N) is 2. The average Bonchev–Trinajstić information content (AvgIpc) is 1.45. The molecule has 0 aliphatic heterocycles. The van der Waals surface area contributed by atoms with E-state index in [9.17, 15) is 20.2 Å². The number of nitro groups is 2. The normalized spacial score (nSPS) is 11.4. The number of para-hydroxylation sites is 8. The number of fused-ring (bicyclic) bond motifs is 2. The summed E-state index contributed by atoms with van der Waals surface area (Å²) in [4.78, 5) is 37.0. The van der Waals surface area contributed by atoms with Crippen molar-refractivity contribution in [3.8, 4) is 44.5 Å². The smallest absolute Gasteiger partial charge is 0.356 e. The number of aromatic nitrogens is 6. The number of nitro benzene ring substituents is 2. The number of rotatable bonds is 20. The molecule has 4 N–H and O–H groups in total. The molecule has 0 spiro atoms. The Kier molecular flexibility index (Phi) is 20.4. The summed E-state index contributed by atoms with van der Waals surface area (Å²) in [6, 6.07) is 112. The van der Waals surface area contributed by atoms with Crippen molar-refractivity contribution in [3.63, 3.8) is 0 Å². The Labute approximate surface area is 650 Å². The van der Waals surface area contributed by atoms with Gasteiger partial charge in [0, 0.05) is 79.4 Å². The van der Waals surface area contributed by atoms with Crippen molar-refractivity contribution in [2.45, 2.75) is 54.6 Å². The molecule has 0 aliphatic carbocycles. The highest BCUT2D eigenvalue weighted by molar-refractivity contribution is 6.13. The van der Waals surface area contributed by atoms with E-state index in [-0.39, 0.29) is 33.0 Å². The molecule has 2 heterocycles. The quantitative estimate of drug-likeness (QED) is 0.0413. The molecule has 0 bridgehead atoms. The zero-order valence-corrected chi connectivity index (χ0v) is 62.9. The Balaban J connectivity index is 0.000000178. The lowest BCUT2D eigenvalue weighted by atomic mass is 9.93. The summed E-state index contributed by atoms with van der Waals surface area (Å²) in [5.41, 5.74) is 31.1. The molecule has 16 rings (SSSR count). The highest BCUT2D eigenvalue weighted by Crippen LogP contribution is 2.52. The largest absolute Gasteiger partial charge is 0.396 e. The van der Waals surface area contributed by atoms with Crippen LogP contribution in [0.3, 0.4) is 0 Å². The van der Waals surface area contributed by atoms with Gasteiger partial charge in [-0.1, -0.05) is 236 Å². The zero-order chi connectivity index (χ0) is 77.6. The minimum Gasteiger partial charge on any atom is -0.396 e. The van der Waals surface area contributed by atoms with E-state index in [0.29, 0.717) is 35.6 Å². The van der Waals surface area contributed by atoms with Gasteiger partial charge in [0.15, 0.2) is 0 Å². The highest BCUT2D eigenvalue weighted by atomic mass is 16.6. The van der Waals surface area contributed by atoms with Crippen molar-refractivity contribution in [2.75, 3.05) is 31.1 Å². The van der Waals surface area contributed by atoms with Crippen molar-refractivity contribution in [3.05, 3.63) is 360 Å². The fraction of sp³-hybridized carbons (Fsp3) is 0.106. The number of benzene rings is 14. The van der Waals surface area contributed by atoms with Crippen LogP contribution in [0, 0.1) is 31.1 Å². The Morgan fingerprint density at radius 1 is 0.268 bits per heavy atom. The van der Waals surface area contributed by atoms with Crippen LogP contribution in [0.2, 0.25) is 0 Å². The fourth-order valence-electron chi connectivity index (χ4n) is 14.3.